The average molecular weight is 308 g/mol. The summed E-state index contributed by atoms with van der Waals surface area (Å²) in [5.41, 5.74) is -0.745. The van der Waals surface area contributed by atoms with E-state index in [2.05, 4.69) is 4.72 Å². The second-order valence-corrected chi connectivity index (χ2v) is 6.94. The monoisotopic (exact) mass is 308 g/mol. The van der Waals surface area contributed by atoms with Crippen molar-refractivity contribution in [3.63, 3.8) is 0 Å². The first-order chi connectivity index (χ1) is 9.81. The van der Waals surface area contributed by atoms with Gasteiger partial charge in [-0.05, 0) is 37.5 Å². The molecule has 2 N–H and O–H groups in total. The predicted molar refractivity (Wildman–Crippen MR) is 75.1 cm³/mol. The van der Waals surface area contributed by atoms with Crippen LogP contribution in [0.1, 0.15) is 36.8 Å². The number of nitrogens with zero attached hydrogens (tertiary/aromatic N) is 1. The second-order valence-electron chi connectivity index (χ2n) is 5.29. The number of aryl methyl sites for hydroxylation is 1. The molecule has 1 saturated carbocycles. The number of nitriles is 1. The lowest BCUT2D eigenvalue weighted by atomic mass is 10.0. The number of carbonyl (C=O) groups is 1. The number of aliphatic carboxylic acids is 1. The molecule has 112 valence electrons. The molecule has 21 heavy (non-hydrogen) atoms. The van der Waals surface area contributed by atoms with Crippen molar-refractivity contribution in [2.45, 2.75) is 43.0 Å². The Morgan fingerprint density at radius 2 is 2.00 bits per heavy atom. The molecule has 0 bridgehead atoms. The molecule has 0 heterocycles. The van der Waals surface area contributed by atoms with Crippen molar-refractivity contribution in [1.29, 1.82) is 5.26 Å². The van der Waals surface area contributed by atoms with Gasteiger partial charge >= 0.3 is 5.97 Å². The number of benzene rings is 1. The molecule has 1 aromatic rings. The Hall–Kier alpha value is -1.91. The van der Waals surface area contributed by atoms with Crippen molar-refractivity contribution in [3.05, 3.63) is 29.3 Å². The summed E-state index contributed by atoms with van der Waals surface area (Å²) in [6, 6.07) is 6.21. The predicted octanol–water partition coefficient (Wildman–Crippen LogP) is 1.54. The zero-order valence-electron chi connectivity index (χ0n) is 11.6. The van der Waals surface area contributed by atoms with Crippen LogP contribution in [0.4, 0.5) is 0 Å². The fraction of sp³-hybridized carbons (Fsp3) is 0.429. The third kappa shape index (κ3) is 2.91. The van der Waals surface area contributed by atoms with Gasteiger partial charge in [-0.1, -0.05) is 18.9 Å². The summed E-state index contributed by atoms with van der Waals surface area (Å²) in [7, 11) is -3.99. The van der Waals surface area contributed by atoms with E-state index in [1.54, 1.807) is 6.92 Å². The van der Waals surface area contributed by atoms with Gasteiger partial charge in [-0.3, -0.25) is 4.79 Å². The molecule has 0 amide bonds. The first-order valence-electron chi connectivity index (χ1n) is 6.59. The van der Waals surface area contributed by atoms with E-state index in [1.165, 1.54) is 18.2 Å². The Labute approximate surface area is 123 Å². The minimum absolute atomic E-state index is 0.0472. The van der Waals surface area contributed by atoms with Crippen LogP contribution >= 0.6 is 0 Å². The number of rotatable bonds is 4. The van der Waals surface area contributed by atoms with E-state index >= 15 is 0 Å². The Morgan fingerprint density at radius 1 is 1.38 bits per heavy atom. The van der Waals surface area contributed by atoms with E-state index in [4.69, 9.17) is 5.26 Å². The van der Waals surface area contributed by atoms with E-state index in [0.29, 0.717) is 18.4 Å². The zero-order valence-corrected chi connectivity index (χ0v) is 12.4. The van der Waals surface area contributed by atoms with E-state index in [9.17, 15) is 18.3 Å². The van der Waals surface area contributed by atoms with Gasteiger partial charge < -0.3 is 5.11 Å². The van der Waals surface area contributed by atoms with Crippen LogP contribution < -0.4 is 4.72 Å². The Balaban J connectivity index is 2.43. The molecule has 1 aliphatic carbocycles. The maximum atomic E-state index is 12.5. The summed E-state index contributed by atoms with van der Waals surface area (Å²) >= 11 is 0. The average Bonchev–Trinajstić information content (AvgIpc) is 2.88. The molecule has 0 aliphatic heterocycles. The molecule has 1 fully saturated rings. The molecule has 0 unspecified atom stereocenters. The van der Waals surface area contributed by atoms with Crippen LogP contribution in [-0.2, 0) is 14.8 Å². The highest BCUT2D eigenvalue weighted by molar-refractivity contribution is 7.89. The number of carboxylic acids is 1. The summed E-state index contributed by atoms with van der Waals surface area (Å²) in [5, 5.41) is 18.2. The van der Waals surface area contributed by atoms with E-state index < -0.39 is 21.5 Å². The van der Waals surface area contributed by atoms with Gasteiger partial charge in [0.2, 0.25) is 10.0 Å². The van der Waals surface area contributed by atoms with Gasteiger partial charge in [0.1, 0.15) is 5.54 Å². The fourth-order valence-electron chi connectivity index (χ4n) is 2.61. The molecule has 0 saturated heterocycles. The molecule has 1 aromatic carbocycles. The SMILES string of the molecule is Cc1ccc(C#N)cc1S(=O)(=O)NC1(C(=O)O)CCCC1. The zero-order chi connectivity index (χ0) is 15.7. The van der Waals surface area contributed by atoms with Gasteiger partial charge in [-0.15, -0.1) is 0 Å². The van der Waals surface area contributed by atoms with Gasteiger partial charge in [0.15, 0.2) is 0 Å². The van der Waals surface area contributed by atoms with E-state index in [-0.39, 0.29) is 23.3 Å². The first kappa shape index (κ1) is 15.5. The number of hydrogen-bond acceptors (Lipinski definition) is 4. The van der Waals surface area contributed by atoms with E-state index in [0.717, 1.165) is 0 Å². The standard InChI is InChI=1S/C14H16N2O4S/c1-10-4-5-11(9-15)8-12(10)21(19,20)16-14(13(17)18)6-2-3-7-14/h4-5,8,16H,2-3,6-7H2,1H3,(H,17,18). The van der Waals surface area contributed by atoms with Gasteiger partial charge in [-0.25, -0.2) is 8.42 Å². The molecule has 2 rings (SSSR count). The fourth-order valence-corrected chi connectivity index (χ4v) is 4.30. The van der Waals surface area contributed by atoms with E-state index in [1.807, 2.05) is 6.07 Å². The number of sulfonamides is 1. The molecule has 6 nitrogen and oxygen atoms in total. The number of hydrogen-bond donors (Lipinski definition) is 2. The summed E-state index contributed by atoms with van der Waals surface area (Å²) in [6.07, 6.45) is 1.90. The van der Waals surface area contributed by atoms with Crippen LogP contribution in [0.2, 0.25) is 0 Å². The Kier molecular flexibility index (Phi) is 4.03. The lowest BCUT2D eigenvalue weighted by Crippen LogP contribution is -2.52. The normalized spacial score (nSPS) is 17.3. The van der Waals surface area contributed by atoms with Crippen LogP contribution in [0.15, 0.2) is 23.1 Å². The highest BCUT2D eigenvalue weighted by Crippen LogP contribution is 2.32. The first-order valence-corrected chi connectivity index (χ1v) is 8.07. The third-order valence-corrected chi connectivity index (χ3v) is 5.48. The quantitative estimate of drug-likeness (QED) is 0.877. The topological polar surface area (TPSA) is 107 Å². The highest BCUT2D eigenvalue weighted by atomic mass is 32.2. The van der Waals surface area contributed by atoms with Crippen molar-refractivity contribution in [3.8, 4) is 6.07 Å². The van der Waals surface area contributed by atoms with Crippen LogP contribution in [0.3, 0.4) is 0 Å². The maximum absolute atomic E-state index is 12.5. The minimum atomic E-state index is -3.99. The van der Waals surface area contributed by atoms with Crippen molar-refractivity contribution in [1.82, 2.24) is 4.72 Å². The van der Waals surface area contributed by atoms with Gasteiger partial charge in [0.05, 0.1) is 16.5 Å². The largest absolute Gasteiger partial charge is 0.480 e. The minimum Gasteiger partial charge on any atom is -0.480 e. The molecule has 0 radical (unpaired) electrons. The van der Waals surface area contributed by atoms with Crippen LogP contribution in [0, 0.1) is 18.3 Å². The van der Waals surface area contributed by atoms with Crippen LogP contribution in [0.5, 0.6) is 0 Å². The molecule has 1 aliphatic rings. The summed E-state index contributed by atoms with van der Waals surface area (Å²) < 4.78 is 27.3. The molecule has 0 spiro atoms. The second kappa shape index (κ2) is 5.47. The maximum Gasteiger partial charge on any atom is 0.324 e. The third-order valence-electron chi connectivity index (χ3n) is 3.80. The Morgan fingerprint density at radius 3 is 2.52 bits per heavy atom. The Bertz CT molecular complexity index is 713. The van der Waals surface area contributed by atoms with Crippen molar-refractivity contribution < 1.29 is 18.3 Å². The summed E-state index contributed by atoms with van der Waals surface area (Å²) in [4.78, 5) is 11.4. The molecular formula is C14H16N2O4S. The summed E-state index contributed by atoms with van der Waals surface area (Å²) in [6.45, 7) is 1.61. The number of nitrogens with one attached hydrogen (secondary N) is 1. The highest BCUT2D eigenvalue weighted by Gasteiger charge is 2.44. The number of carboxylic acid groups (broad SMARTS) is 1. The van der Waals surface area contributed by atoms with Crippen LogP contribution in [-0.4, -0.2) is 25.0 Å². The van der Waals surface area contributed by atoms with Gasteiger partial charge in [0.25, 0.3) is 0 Å². The van der Waals surface area contributed by atoms with Crippen molar-refractivity contribution >= 4 is 16.0 Å². The lowest BCUT2D eigenvalue weighted by Gasteiger charge is -2.25. The van der Waals surface area contributed by atoms with Crippen LogP contribution in [0.25, 0.3) is 0 Å². The van der Waals surface area contributed by atoms with Gasteiger partial charge in [-0.2, -0.15) is 9.98 Å². The molecule has 0 aromatic heterocycles. The smallest absolute Gasteiger partial charge is 0.324 e. The van der Waals surface area contributed by atoms with Crippen molar-refractivity contribution in [2.75, 3.05) is 0 Å². The summed E-state index contributed by atoms with van der Waals surface area (Å²) in [5.74, 6) is -1.15. The molecule has 7 heteroatoms. The molecular weight excluding hydrogens is 292 g/mol. The lowest BCUT2D eigenvalue weighted by molar-refractivity contribution is -0.143. The van der Waals surface area contributed by atoms with Crippen molar-refractivity contribution in [2.24, 2.45) is 0 Å². The molecule has 0 atom stereocenters. The van der Waals surface area contributed by atoms with Gasteiger partial charge in [0, 0.05) is 0 Å².